The number of hydrogen-bond acceptors (Lipinski definition) is 2. The summed E-state index contributed by atoms with van der Waals surface area (Å²) in [7, 11) is 0. The van der Waals surface area contributed by atoms with Gasteiger partial charge in [-0.1, -0.05) is 97.1 Å². The summed E-state index contributed by atoms with van der Waals surface area (Å²) in [5.41, 5.74) is 12.8. The van der Waals surface area contributed by atoms with Crippen LogP contribution in [0.2, 0.25) is 0 Å². The van der Waals surface area contributed by atoms with Gasteiger partial charge in [0, 0.05) is 90.8 Å². The molecule has 62 heavy (non-hydrogen) atoms. The molecule has 11 aromatic rings. The summed E-state index contributed by atoms with van der Waals surface area (Å²) in [6.07, 6.45) is 0. The van der Waals surface area contributed by atoms with Gasteiger partial charge in [0.1, 0.15) is 11.6 Å². The summed E-state index contributed by atoms with van der Waals surface area (Å²) >= 11 is 0. The molecule has 0 N–H and O–H groups in total. The average molecular weight is 807 g/mol. The van der Waals surface area contributed by atoms with E-state index in [-0.39, 0.29) is 11.6 Å². The minimum absolute atomic E-state index is 0.239. The molecule has 6 heteroatoms. The molecule has 0 saturated heterocycles. The van der Waals surface area contributed by atoms with Gasteiger partial charge in [-0.2, -0.15) is 0 Å². The highest BCUT2D eigenvalue weighted by atomic mass is 19.1. The molecular weight excluding hydrogens is 767 g/mol. The zero-order valence-corrected chi connectivity index (χ0v) is 33.7. The van der Waals surface area contributed by atoms with Crippen LogP contribution < -0.4 is 9.80 Å². The number of benzene rings is 9. The molecule has 0 aliphatic heterocycles. The first-order valence-corrected chi connectivity index (χ1v) is 20.9. The van der Waals surface area contributed by atoms with Crippen molar-refractivity contribution in [3.05, 3.63) is 241 Å². The van der Waals surface area contributed by atoms with Crippen LogP contribution in [0, 0.1) is 11.6 Å². The first-order chi connectivity index (χ1) is 30.6. The van der Waals surface area contributed by atoms with Crippen LogP contribution in [0.4, 0.5) is 42.9 Å². The van der Waals surface area contributed by atoms with Crippen LogP contribution in [-0.4, -0.2) is 9.13 Å². The van der Waals surface area contributed by atoms with E-state index in [1.165, 1.54) is 24.3 Å². The Labute approximate surface area is 358 Å². The molecule has 0 spiro atoms. The van der Waals surface area contributed by atoms with E-state index in [2.05, 4.69) is 177 Å². The largest absolute Gasteiger partial charge is 0.336 e. The summed E-state index contributed by atoms with van der Waals surface area (Å²) < 4.78 is 32.5. The van der Waals surface area contributed by atoms with Crippen LogP contribution in [0.25, 0.3) is 43.6 Å². The van der Waals surface area contributed by atoms with Crippen LogP contribution in [0.3, 0.4) is 0 Å². The first kappa shape index (κ1) is 37.1. The predicted octanol–water partition coefficient (Wildman–Crippen LogP) is 15.2. The Hall–Kier alpha value is -7.96. The van der Waals surface area contributed by atoms with E-state index < -0.39 is 0 Å². The minimum Gasteiger partial charge on any atom is -0.336 e. The van der Waals surface area contributed by atoms with E-state index in [1.54, 1.807) is 0 Å². The predicted molar refractivity (Wildman–Crippen MR) is 253 cm³/mol. The number of para-hydroxylation sites is 4. The molecule has 4 nitrogen and oxygen atoms in total. The third kappa shape index (κ3) is 6.72. The molecule has 11 rings (SSSR count). The lowest BCUT2D eigenvalue weighted by atomic mass is 10.1. The van der Waals surface area contributed by atoms with Gasteiger partial charge in [-0.15, -0.1) is 0 Å². The fourth-order valence-corrected chi connectivity index (χ4v) is 9.05. The molecule has 0 fully saturated rings. The van der Waals surface area contributed by atoms with Gasteiger partial charge in [-0.05, 0) is 132 Å². The highest BCUT2D eigenvalue weighted by molar-refractivity contribution is 6.11. The van der Waals surface area contributed by atoms with Crippen molar-refractivity contribution in [2.24, 2.45) is 0 Å². The number of halogens is 2. The Morgan fingerprint density at radius 2 is 0.613 bits per heavy atom. The van der Waals surface area contributed by atoms with Crippen molar-refractivity contribution >= 4 is 77.7 Å². The van der Waals surface area contributed by atoms with Gasteiger partial charge in [0.15, 0.2) is 0 Å². The summed E-state index contributed by atoms with van der Waals surface area (Å²) in [4.78, 5) is 4.62. The van der Waals surface area contributed by atoms with Crippen LogP contribution in [0.15, 0.2) is 218 Å². The Kier molecular flexibility index (Phi) is 9.31. The van der Waals surface area contributed by atoms with E-state index in [1.807, 2.05) is 36.4 Å². The van der Waals surface area contributed by atoms with Crippen LogP contribution in [0.5, 0.6) is 0 Å². The van der Waals surface area contributed by atoms with Gasteiger partial charge in [0.05, 0.1) is 0 Å². The molecule has 0 aliphatic rings. The lowest BCUT2D eigenvalue weighted by Gasteiger charge is -2.28. The number of aromatic nitrogens is 2. The molecule has 2 aromatic heterocycles. The molecule has 0 atom stereocenters. The Balaban J connectivity index is 1.08. The Morgan fingerprint density at radius 3 is 1.03 bits per heavy atom. The standard InChI is InChI=1S/C56H40F2N4/c57-41-23-19-39(20-24-41)37-59-53-17-9-7-15-49(53)51-35-47(31-33-55(51)59)62(46-29-27-45(28-30-46)61(43-11-3-1-4-12-43)44-13-5-2-6-14-44)48-32-34-56-52(36-48)50-16-8-10-18-54(50)60(56)38-40-21-25-42(58)26-22-40/h1-36H,37-38H2. The topological polar surface area (TPSA) is 16.3 Å². The number of rotatable bonds is 10. The zero-order chi connectivity index (χ0) is 41.6. The molecular formula is C56H40F2N4. The highest BCUT2D eigenvalue weighted by Crippen LogP contribution is 2.43. The molecule has 0 unspecified atom stereocenters. The summed E-state index contributed by atoms with van der Waals surface area (Å²) in [5.74, 6) is -0.477. The van der Waals surface area contributed by atoms with Crippen molar-refractivity contribution < 1.29 is 8.78 Å². The average Bonchev–Trinajstić information content (AvgIpc) is 3.80. The molecule has 298 valence electrons. The maximum atomic E-state index is 13.9. The third-order valence-corrected chi connectivity index (χ3v) is 11.9. The van der Waals surface area contributed by atoms with Crippen LogP contribution in [0.1, 0.15) is 11.1 Å². The van der Waals surface area contributed by atoms with E-state index in [0.29, 0.717) is 13.1 Å². The van der Waals surface area contributed by atoms with Gasteiger partial charge in [-0.25, -0.2) is 8.78 Å². The second kappa shape index (κ2) is 15.6. The zero-order valence-electron chi connectivity index (χ0n) is 33.7. The summed E-state index contributed by atoms with van der Waals surface area (Å²) in [6.45, 7) is 1.24. The lowest BCUT2D eigenvalue weighted by Crippen LogP contribution is -2.12. The van der Waals surface area contributed by atoms with Gasteiger partial charge >= 0.3 is 0 Å². The monoisotopic (exact) mass is 806 g/mol. The molecule has 2 heterocycles. The normalized spacial score (nSPS) is 11.5. The molecule has 0 bridgehead atoms. The molecule has 9 aromatic carbocycles. The van der Waals surface area contributed by atoms with E-state index in [9.17, 15) is 8.78 Å². The van der Waals surface area contributed by atoms with Crippen molar-refractivity contribution in [3.8, 4) is 0 Å². The third-order valence-electron chi connectivity index (χ3n) is 11.9. The molecule has 0 aliphatic carbocycles. The van der Waals surface area contributed by atoms with Crippen LogP contribution in [-0.2, 0) is 13.1 Å². The molecule has 0 radical (unpaired) electrons. The number of anilines is 6. The van der Waals surface area contributed by atoms with Gasteiger partial charge < -0.3 is 18.9 Å². The molecule has 0 saturated carbocycles. The van der Waals surface area contributed by atoms with E-state index >= 15 is 0 Å². The van der Waals surface area contributed by atoms with Gasteiger partial charge in [-0.3, -0.25) is 0 Å². The number of hydrogen-bond donors (Lipinski definition) is 0. The fraction of sp³-hybridized carbons (Fsp3) is 0.0357. The van der Waals surface area contributed by atoms with Gasteiger partial charge in [0.2, 0.25) is 0 Å². The van der Waals surface area contributed by atoms with Crippen molar-refractivity contribution in [3.63, 3.8) is 0 Å². The van der Waals surface area contributed by atoms with Crippen molar-refractivity contribution in [1.82, 2.24) is 9.13 Å². The second-order valence-electron chi connectivity index (χ2n) is 15.7. The Morgan fingerprint density at radius 1 is 0.290 bits per heavy atom. The fourth-order valence-electron chi connectivity index (χ4n) is 9.05. The second-order valence-corrected chi connectivity index (χ2v) is 15.7. The van der Waals surface area contributed by atoms with E-state index in [0.717, 1.165) is 88.9 Å². The lowest BCUT2D eigenvalue weighted by molar-refractivity contribution is 0.626. The van der Waals surface area contributed by atoms with E-state index in [4.69, 9.17) is 0 Å². The number of fused-ring (bicyclic) bond motifs is 6. The van der Waals surface area contributed by atoms with Crippen molar-refractivity contribution in [2.75, 3.05) is 9.80 Å². The SMILES string of the molecule is Fc1ccc(Cn2c3ccccc3c3cc(N(c4ccc(N(c5ccccc5)c5ccccc5)cc4)c4ccc5c(c4)c4ccccc4n5Cc4ccc(F)cc4)ccc32)cc1. The van der Waals surface area contributed by atoms with Crippen LogP contribution >= 0.6 is 0 Å². The number of nitrogens with zero attached hydrogens (tertiary/aromatic N) is 4. The first-order valence-electron chi connectivity index (χ1n) is 20.9. The summed E-state index contributed by atoms with van der Waals surface area (Å²) in [6, 6.07) is 73.8. The summed E-state index contributed by atoms with van der Waals surface area (Å²) in [5, 5.41) is 4.58. The quantitative estimate of drug-likeness (QED) is 0.137. The maximum Gasteiger partial charge on any atom is 0.123 e. The van der Waals surface area contributed by atoms with Crippen molar-refractivity contribution in [2.45, 2.75) is 13.1 Å². The van der Waals surface area contributed by atoms with Gasteiger partial charge in [0.25, 0.3) is 0 Å². The maximum absolute atomic E-state index is 13.9. The smallest absolute Gasteiger partial charge is 0.123 e. The minimum atomic E-state index is -0.239. The Bertz CT molecular complexity index is 3150. The highest BCUT2D eigenvalue weighted by Gasteiger charge is 2.20. The molecule has 0 amide bonds. The van der Waals surface area contributed by atoms with Crippen molar-refractivity contribution in [1.29, 1.82) is 0 Å².